The number of allylic oxidation sites excluding steroid dienone is 1. The third kappa shape index (κ3) is 11.7. The average molecular weight is 785 g/mol. The molecule has 1 aromatic carbocycles. The van der Waals surface area contributed by atoms with Gasteiger partial charge >= 0.3 is 255 Å². The van der Waals surface area contributed by atoms with Crippen LogP contribution >= 0.6 is 11.6 Å². The Hall–Kier alpha value is 0.637. The summed E-state index contributed by atoms with van der Waals surface area (Å²) in [6.45, 7) is 13.1. The summed E-state index contributed by atoms with van der Waals surface area (Å²) >= 11 is -1.06. The third-order valence-corrected chi connectivity index (χ3v) is 42.6. The Morgan fingerprint density at radius 2 is 0.872 bits per heavy atom. The molecule has 0 bridgehead atoms. The fourth-order valence-electron chi connectivity index (χ4n) is 6.63. The van der Waals surface area contributed by atoms with Crippen molar-refractivity contribution >= 4 is 51.9 Å². The molecule has 6 heteroatoms. The molecule has 0 aliphatic heterocycles. The van der Waals surface area contributed by atoms with Gasteiger partial charge in [-0.1, -0.05) is 0 Å². The van der Waals surface area contributed by atoms with E-state index in [0.717, 1.165) is 113 Å². The van der Waals surface area contributed by atoms with Crippen molar-refractivity contribution in [2.24, 2.45) is 0 Å². The van der Waals surface area contributed by atoms with Crippen molar-refractivity contribution in [3.8, 4) is 0 Å². The molecule has 39 heavy (non-hydrogen) atoms. The molecule has 226 valence electrons. The molecule has 0 nitrogen and oxygen atoms in total. The Morgan fingerprint density at radius 1 is 0.564 bits per heavy atom. The summed E-state index contributed by atoms with van der Waals surface area (Å²) in [4.78, 5) is 0. The number of alkyl halides is 3. The number of hydrogen-bond acceptors (Lipinski definition) is 0. The van der Waals surface area contributed by atoms with Crippen LogP contribution in [0, 0.1) is 0 Å². The third-order valence-electron chi connectivity index (χ3n) is 8.78. The zero-order chi connectivity index (χ0) is 29.4. The van der Waals surface area contributed by atoms with Crippen molar-refractivity contribution < 1.29 is 13.2 Å². The van der Waals surface area contributed by atoms with E-state index in [0.29, 0.717) is 5.02 Å². The molecule has 1 aromatic rings. The van der Waals surface area contributed by atoms with Gasteiger partial charge in [0, 0.05) is 0 Å². The molecule has 0 aromatic heterocycles. The van der Waals surface area contributed by atoms with Crippen LogP contribution in [0.25, 0.3) is 3.59 Å². The van der Waals surface area contributed by atoms with Gasteiger partial charge in [-0.15, -0.1) is 0 Å². The Balaban J connectivity index is 4.36. The van der Waals surface area contributed by atoms with E-state index in [9.17, 15) is 0 Å². The summed E-state index contributed by atoms with van der Waals surface area (Å²) in [7, 11) is 0. The van der Waals surface area contributed by atoms with E-state index in [1.807, 2.05) is 24.3 Å². The monoisotopic (exact) mass is 786 g/mol. The van der Waals surface area contributed by atoms with Gasteiger partial charge in [-0.05, 0) is 0 Å². The molecule has 1 rings (SSSR count). The standard InChI is InChI=1S/C9H4ClF3.6C4H9.2Sn/c10-8-3-1-7(2-4-8)5-6-9(11,12)13;6*1-3-4-2;;/h1-4H;6*1,3-4H2,2H3;;. The second-order valence-electron chi connectivity index (χ2n) is 11.9. The van der Waals surface area contributed by atoms with E-state index in [-0.39, 0.29) is 3.59 Å². The van der Waals surface area contributed by atoms with Crippen LogP contribution in [0.15, 0.2) is 27.9 Å². The van der Waals surface area contributed by atoms with E-state index < -0.39 is 42.9 Å². The molecule has 0 fully saturated rings. The SMILES string of the molecule is CCC[CH2][Sn]([CH2]CCC)([CH2]CCC)/[C](=[C](/C(F)(F)F)[Sn]([CH2]CCC)([CH2]CCC)[CH2]CCC)c1ccc(Cl)cc1. The minimum absolute atomic E-state index is 0.119. The quantitative estimate of drug-likeness (QED) is 0.109. The first-order valence-electron chi connectivity index (χ1n) is 16.2. The van der Waals surface area contributed by atoms with Crippen LogP contribution in [0.4, 0.5) is 13.2 Å². The zero-order valence-corrected chi connectivity index (χ0v) is 32.5. The van der Waals surface area contributed by atoms with Crippen LogP contribution in [-0.4, -0.2) is 42.9 Å². The number of rotatable bonds is 21. The van der Waals surface area contributed by atoms with Crippen molar-refractivity contribution in [1.82, 2.24) is 0 Å². The summed E-state index contributed by atoms with van der Waals surface area (Å²) in [5.74, 6) is 0. The van der Waals surface area contributed by atoms with E-state index >= 15 is 13.2 Å². The van der Waals surface area contributed by atoms with Crippen molar-refractivity contribution in [3.63, 3.8) is 0 Å². The van der Waals surface area contributed by atoms with Crippen molar-refractivity contribution in [2.75, 3.05) is 0 Å². The Morgan fingerprint density at radius 3 is 1.15 bits per heavy atom. The van der Waals surface area contributed by atoms with Crippen LogP contribution < -0.4 is 0 Å². The van der Waals surface area contributed by atoms with Gasteiger partial charge in [-0.3, -0.25) is 0 Å². The number of hydrogen-bond donors (Lipinski definition) is 0. The predicted molar refractivity (Wildman–Crippen MR) is 174 cm³/mol. The van der Waals surface area contributed by atoms with Crippen LogP contribution in [0.1, 0.15) is 124 Å². The molecule has 0 amide bonds. The summed E-state index contributed by atoms with van der Waals surface area (Å²) < 4.78 is 54.8. The molecular weight excluding hydrogens is 726 g/mol. The van der Waals surface area contributed by atoms with Gasteiger partial charge in [-0.25, -0.2) is 0 Å². The summed E-state index contributed by atoms with van der Waals surface area (Å²) in [6, 6.07) is 7.63. The van der Waals surface area contributed by atoms with Crippen LogP contribution in [0.3, 0.4) is 0 Å². The van der Waals surface area contributed by atoms with Gasteiger partial charge in [0.1, 0.15) is 0 Å². The number of halogens is 4. The molecule has 0 N–H and O–H groups in total. The van der Waals surface area contributed by atoms with Crippen LogP contribution in [0.2, 0.25) is 31.6 Å². The van der Waals surface area contributed by atoms with E-state index in [4.69, 9.17) is 11.6 Å². The van der Waals surface area contributed by atoms with Gasteiger partial charge < -0.3 is 0 Å². The summed E-state index contributed by atoms with van der Waals surface area (Å²) in [5.41, 5.74) is 0.886. The first-order valence-corrected chi connectivity index (χ1v) is 31.5. The molecule has 0 saturated heterocycles. The maximum absolute atomic E-state index is 16.0. The van der Waals surface area contributed by atoms with Crippen molar-refractivity contribution in [2.45, 2.75) is 151 Å². The van der Waals surface area contributed by atoms with E-state index in [1.54, 1.807) is 0 Å². The predicted octanol–water partition coefficient (Wildman–Crippen LogP) is 13.4. The maximum atomic E-state index is 16.0. The molecule has 0 spiro atoms. The molecule has 0 atom stereocenters. The summed E-state index contributed by atoms with van der Waals surface area (Å²) in [5, 5.41) is 0.612. The number of unbranched alkanes of at least 4 members (excludes halogenated alkanes) is 6. The molecule has 0 aliphatic carbocycles. The second-order valence-corrected chi connectivity index (χ2v) is 38.4. The average Bonchev–Trinajstić information content (AvgIpc) is 2.92. The first-order chi connectivity index (χ1) is 18.6. The van der Waals surface area contributed by atoms with Crippen molar-refractivity contribution in [1.29, 1.82) is 0 Å². The van der Waals surface area contributed by atoms with Gasteiger partial charge in [0.15, 0.2) is 0 Å². The fourth-order valence-corrected chi connectivity index (χ4v) is 50.9. The molecule has 0 saturated carbocycles. The Bertz CT molecular complexity index is 774. The van der Waals surface area contributed by atoms with Gasteiger partial charge in [0.05, 0.1) is 0 Å². The minimum atomic E-state index is -4.24. The second kappa shape index (κ2) is 19.8. The Labute approximate surface area is 253 Å². The van der Waals surface area contributed by atoms with Crippen molar-refractivity contribution in [3.05, 3.63) is 38.4 Å². The van der Waals surface area contributed by atoms with Crippen LogP contribution in [-0.2, 0) is 0 Å². The summed E-state index contributed by atoms with van der Waals surface area (Å²) in [6.07, 6.45) is 7.89. The van der Waals surface area contributed by atoms with Gasteiger partial charge in [0.25, 0.3) is 0 Å². The Kier molecular flexibility index (Phi) is 19.1. The topological polar surface area (TPSA) is 0 Å². The van der Waals surface area contributed by atoms with Gasteiger partial charge in [-0.2, -0.15) is 0 Å². The van der Waals surface area contributed by atoms with E-state index in [1.165, 1.54) is 0 Å². The molecule has 0 radical (unpaired) electrons. The fraction of sp³-hybridized carbons (Fsp3) is 0.758. The molecular formula is C33H58ClF3Sn2. The van der Waals surface area contributed by atoms with Crippen LogP contribution in [0.5, 0.6) is 0 Å². The molecule has 0 heterocycles. The normalized spacial score (nSPS) is 13.6. The molecule has 0 aliphatic rings. The first kappa shape index (κ1) is 37.7. The van der Waals surface area contributed by atoms with Gasteiger partial charge in [0.2, 0.25) is 0 Å². The van der Waals surface area contributed by atoms with E-state index in [2.05, 4.69) is 41.5 Å². The number of benzene rings is 1. The molecule has 0 unspecified atom stereocenters. The zero-order valence-electron chi connectivity index (χ0n) is 26.0.